The molecule has 1 aliphatic carbocycles. The lowest BCUT2D eigenvalue weighted by atomic mass is 10.0. The smallest absolute Gasteiger partial charge is 0.139 e. The fourth-order valence-electron chi connectivity index (χ4n) is 3.15. The van der Waals surface area contributed by atoms with Crippen LogP contribution in [0.1, 0.15) is 48.4 Å². The highest BCUT2D eigenvalue weighted by Gasteiger charge is 2.18. The standard InChI is InChI=1S/C17H19BrN2S/c1-10-7-13(8-11(2)16(10)18)17-19-14(9-15(21)20-17)12-5-3-4-6-12/h7-9,12H,3-6H2,1-2H3,(H,19,20,21). The van der Waals surface area contributed by atoms with Crippen LogP contribution < -0.4 is 0 Å². The van der Waals surface area contributed by atoms with Gasteiger partial charge in [-0.2, -0.15) is 0 Å². The number of aryl methyl sites for hydroxylation is 2. The van der Waals surface area contributed by atoms with E-state index < -0.39 is 0 Å². The van der Waals surface area contributed by atoms with Crippen molar-refractivity contribution >= 4 is 28.1 Å². The van der Waals surface area contributed by atoms with Crippen molar-refractivity contribution in [2.24, 2.45) is 0 Å². The molecule has 21 heavy (non-hydrogen) atoms. The zero-order valence-electron chi connectivity index (χ0n) is 12.4. The van der Waals surface area contributed by atoms with Gasteiger partial charge in [0, 0.05) is 15.7 Å². The van der Waals surface area contributed by atoms with Gasteiger partial charge in [-0.3, -0.25) is 0 Å². The molecule has 0 bridgehead atoms. The Bertz CT molecular complexity index is 707. The molecule has 0 unspecified atom stereocenters. The summed E-state index contributed by atoms with van der Waals surface area (Å²) in [4.78, 5) is 8.06. The number of nitrogens with one attached hydrogen (secondary N) is 1. The Balaban J connectivity index is 2.08. The van der Waals surface area contributed by atoms with E-state index in [0.29, 0.717) is 10.6 Å². The molecule has 0 saturated heterocycles. The average molecular weight is 363 g/mol. The van der Waals surface area contributed by atoms with E-state index in [9.17, 15) is 0 Å². The monoisotopic (exact) mass is 362 g/mol. The second-order valence-corrected chi connectivity index (χ2v) is 7.14. The average Bonchev–Trinajstić information content (AvgIpc) is 2.97. The van der Waals surface area contributed by atoms with Gasteiger partial charge in [-0.15, -0.1) is 0 Å². The minimum Gasteiger partial charge on any atom is -0.343 e. The summed E-state index contributed by atoms with van der Waals surface area (Å²) in [5.41, 5.74) is 4.80. The van der Waals surface area contributed by atoms with Crippen LogP contribution in [0.25, 0.3) is 11.4 Å². The number of aromatic nitrogens is 2. The topological polar surface area (TPSA) is 28.7 Å². The van der Waals surface area contributed by atoms with Crippen molar-refractivity contribution < 1.29 is 0 Å². The number of halogens is 1. The van der Waals surface area contributed by atoms with Gasteiger partial charge in [0.15, 0.2) is 0 Å². The first kappa shape index (κ1) is 14.9. The molecule has 1 aliphatic rings. The van der Waals surface area contributed by atoms with E-state index in [0.717, 1.165) is 15.9 Å². The van der Waals surface area contributed by atoms with Crippen LogP contribution in [0.3, 0.4) is 0 Å². The Morgan fingerprint density at radius 1 is 1.14 bits per heavy atom. The molecule has 2 aromatic rings. The Labute approximate surface area is 139 Å². The maximum atomic E-state index is 5.37. The van der Waals surface area contributed by atoms with E-state index >= 15 is 0 Å². The molecular formula is C17H19BrN2S. The van der Waals surface area contributed by atoms with Gasteiger partial charge < -0.3 is 4.98 Å². The van der Waals surface area contributed by atoms with Crippen molar-refractivity contribution in [2.75, 3.05) is 0 Å². The van der Waals surface area contributed by atoms with E-state index in [2.05, 4.69) is 51.9 Å². The Kier molecular flexibility index (Phi) is 4.27. The van der Waals surface area contributed by atoms with Gasteiger partial charge in [-0.25, -0.2) is 4.98 Å². The van der Waals surface area contributed by atoms with E-state index in [4.69, 9.17) is 12.2 Å². The molecule has 1 aromatic carbocycles. The molecule has 0 aliphatic heterocycles. The first-order chi connectivity index (χ1) is 10.0. The molecule has 0 spiro atoms. The molecule has 4 heteroatoms. The minimum atomic E-state index is 0.617. The Morgan fingerprint density at radius 2 is 1.76 bits per heavy atom. The predicted molar refractivity (Wildman–Crippen MR) is 93.2 cm³/mol. The number of H-pyrrole nitrogens is 1. The van der Waals surface area contributed by atoms with Crippen LogP contribution in [-0.2, 0) is 0 Å². The maximum absolute atomic E-state index is 5.37. The van der Waals surface area contributed by atoms with Gasteiger partial charge in [-0.1, -0.05) is 41.0 Å². The van der Waals surface area contributed by atoms with Crippen molar-refractivity contribution in [3.8, 4) is 11.4 Å². The number of nitrogens with zero attached hydrogens (tertiary/aromatic N) is 1. The lowest BCUT2D eigenvalue weighted by Gasteiger charge is -2.13. The summed E-state index contributed by atoms with van der Waals surface area (Å²) in [6.07, 6.45) is 5.15. The largest absolute Gasteiger partial charge is 0.343 e. The van der Waals surface area contributed by atoms with Crippen LogP contribution in [0.2, 0.25) is 0 Å². The Morgan fingerprint density at radius 3 is 2.38 bits per heavy atom. The molecule has 0 amide bonds. The van der Waals surface area contributed by atoms with Crippen LogP contribution in [0.4, 0.5) is 0 Å². The fraction of sp³-hybridized carbons (Fsp3) is 0.412. The van der Waals surface area contributed by atoms with Crippen LogP contribution >= 0.6 is 28.1 Å². The molecule has 110 valence electrons. The third-order valence-corrected chi connectivity index (χ3v) is 5.73. The lowest BCUT2D eigenvalue weighted by Crippen LogP contribution is -2.01. The van der Waals surface area contributed by atoms with Gasteiger partial charge in [0.05, 0.1) is 0 Å². The predicted octanol–water partition coefficient (Wildman–Crippen LogP) is 5.84. The first-order valence-corrected chi connectivity index (χ1v) is 8.63. The van der Waals surface area contributed by atoms with Crippen LogP contribution in [0.15, 0.2) is 22.7 Å². The summed E-state index contributed by atoms with van der Waals surface area (Å²) in [6, 6.07) is 6.35. The van der Waals surface area contributed by atoms with Gasteiger partial charge in [0.25, 0.3) is 0 Å². The second-order valence-electron chi connectivity index (χ2n) is 5.93. The highest BCUT2D eigenvalue weighted by molar-refractivity contribution is 9.10. The first-order valence-electron chi connectivity index (χ1n) is 7.43. The summed E-state index contributed by atoms with van der Waals surface area (Å²) in [5, 5.41) is 0. The third kappa shape index (κ3) is 3.11. The molecule has 1 heterocycles. The molecule has 2 nitrogen and oxygen atoms in total. The summed E-state index contributed by atoms with van der Waals surface area (Å²) in [7, 11) is 0. The second kappa shape index (κ2) is 6.01. The number of aromatic amines is 1. The third-order valence-electron chi connectivity index (χ3n) is 4.27. The fourth-order valence-corrected chi connectivity index (χ4v) is 3.60. The molecular weight excluding hydrogens is 344 g/mol. The minimum absolute atomic E-state index is 0.617. The van der Waals surface area contributed by atoms with Gasteiger partial charge in [-0.05, 0) is 61.9 Å². The van der Waals surface area contributed by atoms with Gasteiger partial charge in [0.2, 0.25) is 0 Å². The quantitative estimate of drug-likeness (QED) is 0.679. The van der Waals surface area contributed by atoms with Crippen molar-refractivity contribution in [1.29, 1.82) is 0 Å². The summed E-state index contributed by atoms with van der Waals surface area (Å²) in [5.74, 6) is 1.51. The normalized spacial score (nSPS) is 15.6. The van der Waals surface area contributed by atoms with Crippen LogP contribution in [0, 0.1) is 18.5 Å². The summed E-state index contributed by atoms with van der Waals surface area (Å²) < 4.78 is 1.85. The Hall–Kier alpha value is -1.00. The van der Waals surface area contributed by atoms with Crippen molar-refractivity contribution in [3.63, 3.8) is 0 Å². The molecule has 0 atom stereocenters. The SMILES string of the molecule is Cc1cc(-c2nc(=S)cc(C3CCCC3)[nH]2)cc(C)c1Br. The number of hydrogen-bond donors (Lipinski definition) is 1. The van der Waals surface area contributed by atoms with Crippen molar-refractivity contribution in [3.05, 3.63) is 44.1 Å². The van der Waals surface area contributed by atoms with E-state index in [1.54, 1.807) is 0 Å². The molecule has 3 rings (SSSR count). The zero-order valence-corrected chi connectivity index (χ0v) is 14.8. The number of benzene rings is 1. The zero-order chi connectivity index (χ0) is 15.0. The van der Waals surface area contributed by atoms with Crippen molar-refractivity contribution in [1.82, 2.24) is 9.97 Å². The number of rotatable bonds is 2. The highest BCUT2D eigenvalue weighted by Crippen LogP contribution is 2.34. The molecule has 1 fully saturated rings. The maximum Gasteiger partial charge on any atom is 0.139 e. The summed E-state index contributed by atoms with van der Waals surface area (Å²) in [6.45, 7) is 4.21. The van der Waals surface area contributed by atoms with Crippen molar-refractivity contribution in [2.45, 2.75) is 45.4 Å². The van der Waals surface area contributed by atoms with Crippen LogP contribution in [-0.4, -0.2) is 9.97 Å². The van der Waals surface area contributed by atoms with Crippen LogP contribution in [0.5, 0.6) is 0 Å². The van der Waals surface area contributed by atoms with Gasteiger partial charge in [0.1, 0.15) is 10.5 Å². The lowest BCUT2D eigenvalue weighted by molar-refractivity contribution is 0.694. The van der Waals surface area contributed by atoms with Gasteiger partial charge >= 0.3 is 0 Å². The van der Waals surface area contributed by atoms with E-state index in [1.807, 2.05) is 6.07 Å². The molecule has 1 aromatic heterocycles. The molecule has 1 saturated carbocycles. The number of hydrogen-bond acceptors (Lipinski definition) is 2. The molecule has 1 N–H and O–H groups in total. The highest BCUT2D eigenvalue weighted by atomic mass is 79.9. The molecule has 0 radical (unpaired) electrons. The van der Waals surface area contributed by atoms with E-state index in [-0.39, 0.29) is 0 Å². The van der Waals surface area contributed by atoms with E-state index in [1.165, 1.54) is 42.5 Å². The summed E-state index contributed by atoms with van der Waals surface area (Å²) >= 11 is 8.99.